The Morgan fingerprint density at radius 1 is 0.714 bits per heavy atom. The van der Waals surface area contributed by atoms with Crippen LogP contribution in [0.25, 0.3) is 0 Å². The first-order chi connectivity index (χ1) is 9.87. The maximum Gasteiger partial charge on any atom is 0.0800 e. The topological polar surface area (TPSA) is 60.7 Å². The van der Waals surface area contributed by atoms with Crippen LogP contribution < -0.4 is 0 Å². The lowest BCUT2D eigenvalue weighted by Crippen LogP contribution is -2.29. The zero-order valence-electron chi connectivity index (χ0n) is 14.5. The molecule has 0 saturated carbocycles. The van der Waals surface area contributed by atoms with Crippen molar-refractivity contribution in [2.24, 2.45) is 0 Å². The van der Waals surface area contributed by atoms with Crippen LogP contribution in [-0.4, -0.2) is 33.1 Å². The van der Waals surface area contributed by atoms with Gasteiger partial charge in [0.2, 0.25) is 0 Å². The van der Waals surface area contributed by atoms with Crippen LogP contribution in [0.3, 0.4) is 0 Å². The summed E-state index contributed by atoms with van der Waals surface area (Å²) in [5.41, 5.74) is -0.765. The minimum atomic E-state index is -0.765. The van der Waals surface area contributed by atoms with Crippen molar-refractivity contribution >= 4 is 0 Å². The second-order valence-corrected chi connectivity index (χ2v) is 7.10. The summed E-state index contributed by atoms with van der Waals surface area (Å²) in [5.74, 6) is 0. The molecule has 0 rings (SSSR count). The Hall–Kier alpha value is -0.120. The first-order valence-corrected chi connectivity index (χ1v) is 8.95. The van der Waals surface area contributed by atoms with Crippen molar-refractivity contribution in [1.29, 1.82) is 0 Å². The molecule has 3 nitrogen and oxygen atoms in total. The fraction of sp³-hybridized carbons (Fsp3) is 1.00. The van der Waals surface area contributed by atoms with Gasteiger partial charge in [-0.25, -0.2) is 0 Å². The second-order valence-electron chi connectivity index (χ2n) is 7.10. The highest BCUT2D eigenvalue weighted by Crippen LogP contribution is 2.17. The van der Waals surface area contributed by atoms with Crippen LogP contribution in [0.2, 0.25) is 0 Å². The van der Waals surface area contributed by atoms with E-state index in [0.717, 1.165) is 12.8 Å². The third-order valence-corrected chi connectivity index (χ3v) is 4.10. The number of rotatable bonds is 14. The summed E-state index contributed by atoms with van der Waals surface area (Å²) in [6.45, 7) is 5.69. The summed E-state index contributed by atoms with van der Waals surface area (Å²) < 4.78 is 0. The highest BCUT2D eigenvalue weighted by Gasteiger charge is 2.20. The van der Waals surface area contributed by atoms with Gasteiger partial charge >= 0.3 is 0 Å². The van der Waals surface area contributed by atoms with E-state index in [1.165, 1.54) is 44.9 Å². The van der Waals surface area contributed by atoms with E-state index in [4.69, 9.17) is 0 Å². The van der Waals surface area contributed by atoms with Gasteiger partial charge in [0.25, 0.3) is 0 Å². The first-order valence-electron chi connectivity index (χ1n) is 8.95. The molecule has 2 unspecified atom stereocenters. The lowest BCUT2D eigenvalue weighted by atomic mass is 9.96. The van der Waals surface area contributed by atoms with Gasteiger partial charge in [-0.2, -0.15) is 0 Å². The largest absolute Gasteiger partial charge is 0.390 e. The average Bonchev–Trinajstić information content (AvgIpc) is 2.41. The van der Waals surface area contributed by atoms with Gasteiger partial charge in [-0.05, 0) is 33.1 Å². The van der Waals surface area contributed by atoms with Crippen molar-refractivity contribution in [3.05, 3.63) is 0 Å². The zero-order valence-corrected chi connectivity index (χ0v) is 14.5. The van der Waals surface area contributed by atoms with Gasteiger partial charge in [0.15, 0.2) is 0 Å². The predicted octanol–water partition coefficient (Wildman–Crippen LogP) is 4.18. The normalized spacial score (nSPS) is 15.1. The van der Waals surface area contributed by atoms with Crippen LogP contribution in [0.4, 0.5) is 0 Å². The molecule has 128 valence electrons. The summed E-state index contributed by atoms with van der Waals surface area (Å²) in [7, 11) is 0. The van der Waals surface area contributed by atoms with E-state index in [1.807, 2.05) is 0 Å². The summed E-state index contributed by atoms with van der Waals surface area (Å²) in [6, 6.07) is 0. The van der Waals surface area contributed by atoms with Gasteiger partial charge in [0, 0.05) is 0 Å². The van der Waals surface area contributed by atoms with Crippen LogP contribution in [-0.2, 0) is 0 Å². The number of aliphatic hydroxyl groups is 3. The molecule has 0 aromatic rings. The van der Waals surface area contributed by atoms with E-state index < -0.39 is 17.8 Å². The van der Waals surface area contributed by atoms with Crippen LogP contribution >= 0.6 is 0 Å². The molecule has 2 atom stereocenters. The van der Waals surface area contributed by atoms with E-state index in [-0.39, 0.29) is 0 Å². The molecule has 3 N–H and O–H groups in total. The molecule has 0 radical (unpaired) electrons. The Kier molecular flexibility index (Phi) is 12.4. The SMILES string of the molecule is CCCCCCCCCCCC(O)C(O)CCC(C)(C)O. The number of unbranched alkanes of at least 4 members (excludes halogenated alkanes) is 8. The molecule has 0 aliphatic carbocycles. The third kappa shape index (κ3) is 14.6. The first kappa shape index (κ1) is 20.9. The maximum atomic E-state index is 9.88. The van der Waals surface area contributed by atoms with Gasteiger partial charge in [-0.15, -0.1) is 0 Å². The van der Waals surface area contributed by atoms with Gasteiger partial charge in [0.05, 0.1) is 17.8 Å². The Balaban J connectivity index is 3.42. The zero-order chi connectivity index (χ0) is 16.1. The minimum absolute atomic E-state index is 0.460. The van der Waals surface area contributed by atoms with Gasteiger partial charge in [0.1, 0.15) is 0 Å². The summed E-state index contributed by atoms with van der Waals surface area (Å²) in [4.78, 5) is 0. The molecule has 0 fully saturated rings. The molecule has 0 aromatic carbocycles. The van der Waals surface area contributed by atoms with Crippen molar-refractivity contribution in [2.75, 3.05) is 0 Å². The van der Waals surface area contributed by atoms with Gasteiger partial charge < -0.3 is 15.3 Å². The molecule has 0 amide bonds. The minimum Gasteiger partial charge on any atom is -0.390 e. The van der Waals surface area contributed by atoms with Gasteiger partial charge in [-0.3, -0.25) is 0 Å². The fourth-order valence-electron chi connectivity index (χ4n) is 2.55. The second kappa shape index (κ2) is 12.4. The number of aliphatic hydroxyl groups excluding tert-OH is 2. The molecule has 0 spiro atoms. The molecule has 0 heterocycles. The highest BCUT2D eigenvalue weighted by molar-refractivity contribution is 4.73. The van der Waals surface area contributed by atoms with Crippen molar-refractivity contribution < 1.29 is 15.3 Å². The number of hydrogen-bond donors (Lipinski definition) is 3. The van der Waals surface area contributed by atoms with Crippen molar-refractivity contribution in [1.82, 2.24) is 0 Å². The van der Waals surface area contributed by atoms with E-state index in [9.17, 15) is 15.3 Å². The average molecular weight is 302 g/mol. The Morgan fingerprint density at radius 2 is 1.14 bits per heavy atom. The Morgan fingerprint density at radius 3 is 1.62 bits per heavy atom. The lowest BCUT2D eigenvalue weighted by Gasteiger charge is -2.22. The van der Waals surface area contributed by atoms with Crippen LogP contribution in [0, 0.1) is 0 Å². The predicted molar refractivity (Wildman–Crippen MR) is 89.4 cm³/mol. The highest BCUT2D eigenvalue weighted by atomic mass is 16.3. The van der Waals surface area contributed by atoms with Crippen LogP contribution in [0.15, 0.2) is 0 Å². The smallest absolute Gasteiger partial charge is 0.0800 e. The lowest BCUT2D eigenvalue weighted by molar-refractivity contribution is -0.0116. The monoisotopic (exact) mass is 302 g/mol. The van der Waals surface area contributed by atoms with E-state index in [1.54, 1.807) is 13.8 Å². The number of hydrogen-bond acceptors (Lipinski definition) is 3. The summed E-state index contributed by atoms with van der Waals surface area (Å²) >= 11 is 0. The van der Waals surface area contributed by atoms with Crippen LogP contribution in [0.5, 0.6) is 0 Å². The molecule has 0 saturated heterocycles. The standard InChI is InChI=1S/C18H38O3/c1-4-5-6-7-8-9-10-11-12-13-16(19)17(20)14-15-18(2,3)21/h16-17,19-21H,4-15H2,1-3H3. The third-order valence-electron chi connectivity index (χ3n) is 4.10. The molecular weight excluding hydrogens is 264 g/mol. The van der Waals surface area contributed by atoms with Crippen molar-refractivity contribution in [2.45, 2.75) is 116 Å². The summed E-state index contributed by atoms with van der Waals surface area (Å²) in [6.07, 6.45) is 11.7. The van der Waals surface area contributed by atoms with Crippen molar-refractivity contribution in [3.8, 4) is 0 Å². The molecule has 21 heavy (non-hydrogen) atoms. The molecular formula is C18H38O3. The molecule has 0 aliphatic heterocycles. The quantitative estimate of drug-likeness (QED) is 0.422. The fourth-order valence-corrected chi connectivity index (χ4v) is 2.55. The van der Waals surface area contributed by atoms with Crippen LogP contribution in [0.1, 0.15) is 97.8 Å². The van der Waals surface area contributed by atoms with Gasteiger partial charge in [-0.1, -0.05) is 64.7 Å². The molecule has 0 bridgehead atoms. The Labute approximate surface area is 131 Å². The summed E-state index contributed by atoms with van der Waals surface area (Å²) in [5, 5.41) is 29.3. The molecule has 3 heteroatoms. The van der Waals surface area contributed by atoms with E-state index in [2.05, 4.69) is 6.92 Å². The van der Waals surface area contributed by atoms with E-state index >= 15 is 0 Å². The maximum absolute atomic E-state index is 9.88. The van der Waals surface area contributed by atoms with E-state index in [0.29, 0.717) is 19.3 Å². The Bertz CT molecular complexity index is 223. The molecule has 0 aliphatic rings. The molecule has 0 aromatic heterocycles. The van der Waals surface area contributed by atoms with Crippen molar-refractivity contribution in [3.63, 3.8) is 0 Å².